The van der Waals surface area contributed by atoms with Crippen LogP contribution in [-0.4, -0.2) is 34.0 Å². The number of carbonyl (C=O) groups excluding carboxylic acids is 2. The van der Waals surface area contributed by atoms with Gasteiger partial charge in [0.25, 0.3) is 11.8 Å². The van der Waals surface area contributed by atoms with E-state index in [1.165, 1.54) is 0 Å². The van der Waals surface area contributed by atoms with E-state index in [1.807, 2.05) is 0 Å². The molecular formula is C10H11N5O6. The maximum absolute atomic E-state index is 11.7. The summed E-state index contributed by atoms with van der Waals surface area (Å²) >= 11 is 0. The van der Waals surface area contributed by atoms with E-state index in [1.54, 1.807) is 10.9 Å². The Morgan fingerprint density at radius 1 is 0.857 bits per heavy atom. The van der Waals surface area contributed by atoms with E-state index in [0.717, 1.165) is 0 Å². The fourth-order valence-electron chi connectivity index (χ4n) is 1.68. The molecule has 2 amide bonds. The van der Waals surface area contributed by atoms with E-state index >= 15 is 0 Å². The van der Waals surface area contributed by atoms with Crippen LogP contribution in [0.4, 0.5) is 5.69 Å². The smallest absolute Gasteiger partial charge is 0.338 e. The summed E-state index contributed by atoms with van der Waals surface area (Å²) in [4.78, 5) is 45.5. The Bertz CT molecular complexity index is 656. The Morgan fingerprint density at radius 2 is 1.38 bits per heavy atom. The molecule has 0 saturated carbocycles. The number of carboxylic acid groups (broad SMARTS) is 2. The molecule has 0 atom stereocenters. The highest BCUT2D eigenvalue weighted by molar-refractivity contribution is 6.16. The fraction of sp³-hybridized carbons (Fsp3) is 0. The highest BCUT2D eigenvalue weighted by atomic mass is 16.4. The number of hydrogen-bond donors (Lipinski definition) is 7. The number of nitrogens with two attached hydrogens (primary N) is 3. The highest BCUT2D eigenvalue weighted by Gasteiger charge is 2.29. The van der Waals surface area contributed by atoms with Crippen LogP contribution in [-0.2, 0) is 0 Å². The second-order valence-electron chi connectivity index (χ2n) is 3.69. The van der Waals surface area contributed by atoms with Gasteiger partial charge in [0.2, 0.25) is 0 Å². The summed E-state index contributed by atoms with van der Waals surface area (Å²) in [6.07, 6.45) is 0. The van der Waals surface area contributed by atoms with Gasteiger partial charge in [-0.1, -0.05) is 0 Å². The van der Waals surface area contributed by atoms with Gasteiger partial charge in [-0.15, -0.1) is 0 Å². The van der Waals surface area contributed by atoms with Crippen molar-refractivity contribution >= 4 is 29.4 Å². The standard InChI is InChI=1S/C10H11N5O6/c11-6-4(8(17)15-13)2(7(16)14-12)1-3(9(18)19)5(6)10(20)21/h1H,11-13H2,(H,14,16)(H,15,17)(H,18,19)(H,20,21). The van der Waals surface area contributed by atoms with Gasteiger partial charge in [-0.2, -0.15) is 0 Å². The highest BCUT2D eigenvalue weighted by Crippen LogP contribution is 2.26. The average molecular weight is 297 g/mol. The molecule has 0 aliphatic rings. The molecule has 0 fully saturated rings. The van der Waals surface area contributed by atoms with Crippen molar-refractivity contribution in [3.8, 4) is 0 Å². The zero-order chi connectivity index (χ0) is 16.3. The van der Waals surface area contributed by atoms with Gasteiger partial charge >= 0.3 is 11.9 Å². The second kappa shape index (κ2) is 5.85. The van der Waals surface area contributed by atoms with Crippen LogP contribution in [0.2, 0.25) is 0 Å². The van der Waals surface area contributed by atoms with Gasteiger partial charge in [-0.3, -0.25) is 20.4 Å². The van der Waals surface area contributed by atoms with E-state index < -0.39 is 51.7 Å². The first-order valence-electron chi connectivity index (χ1n) is 5.21. The first kappa shape index (κ1) is 15.9. The summed E-state index contributed by atoms with van der Waals surface area (Å²) in [5.41, 5.74) is 5.42. The molecule has 11 nitrogen and oxygen atoms in total. The molecule has 0 radical (unpaired) electrons. The molecule has 0 heterocycles. The topological polar surface area (TPSA) is 211 Å². The molecule has 1 aromatic carbocycles. The number of hydrazine groups is 2. The van der Waals surface area contributed by atoms with Gasteiger partial charge in [-0.25, -0.2) is 21.3 Å². The maximum atomic E-state index is 11.7. The number of rotatable bonds is 4. The molecular weight excluding hydrogens is 286 g/mol. The van der Waals surface area contributed by atoms with Crippen molar-refractivity contribution in [2.75, 3.05) is 5.73 Å². The number of benzene rings is 1. The summed E-state index contributed by atoms with van der Waals surface area (Å²) in [6, 6.07) is 0.676. The molecule has 0 unspecified atom stereocenters. The Morgan fingerprint density at radius 3 is 1.76 bits per heavy atom. The van der Waals surface area contributed by atoms with Crippen molar-refractivity contribution in [1.29, 1.82) is 0 Å². The largest absolute Gasteiger partial charge is 0.478 e. The molecule has 1 aromatic rings. The van der Waals surface area contributed by atoms with Gasteiger partial charge in [0, 0.05) is 0 Å². The minimum absolute atomic E-state index is 0.527. The molecule has 11 heteroatoms. The third kappa shape index (κ3) is 2.72. The first-order valence-corrected chi connectivity index (χ1v) is 5.21. The number of carboxylic acids is 2. The van der Waals surface area contributed by atoms with Crippen LogP contribution in [0.5, 0.6) is 0 Å². The molecule has 10 N–H and O–H groups in total. The molecule has 0 bridgehead atoms. The van der Waals surface area contributed by atoms with E-state index in [2.05, 4.69) is 0 Å². The molecule has 0 aliphatic heterocycles. The van der Waals surface area contributed by atoms with Crippen LogP contribution in [0.25, 0.3) is 0 Å². The van der Waals surface area contributed by atoms with E-state index in [-0.39, 0.29) is 0 Å². The third-order valence-corrected chi connectivity index (χ3v) is 2.54. The minimum Gasteiger partial charge on any atom is -0.478 e. The lowest BCUT2D eigenvalue weighted by Gasteiger charge is -2.14. The Kier molecular flexibility index (Phi) is 4.42. The minimum atomic E-state index is -1.68. The van der Waals surface area contributed by atoms with Gasteiger partial charge in [0.05, 0.1) is 27.9 Å². The van der Waals surface area contributed by atoms with E-state index in [9.17, 15) is 19.2 Å². The fourth-order valence-corrected chi connectivity index (χ4v) is 1.68. The summed E-state index contributed by atoms with van der Waals surface area (Å²) in [7, 11) is 0. The SMILES string of the molecule is NNC(=O)c1cc(C(=O)O)c(C(=O)O)c(N)c1C(=O)NN. The lowest BCUT2D eigenvalue weighted by molar-refractivity contribution is 0.0652. The van der Waals surface area contributed by atoms with Crippen LogP contribution in [0.15, 0.2) is 6.07 Å². The molecule has 1 rings (SSSR count). The number of hydrogen-bond acceptors (Lipinski definition) is 7. The average Bonchev–Trinajstić information content (AvgIpc) is 2.43. The van der Waals surface area contributed by atoms with Crippen LogP contribution in [0.3, 0.4) is 0 Å². The van der Waals surface area contributed by atoms with Gasteiger partial charge < -0.3 is 15.9 Å². The summed E-state index contributed by atoms with van der Waals surface area (Å²) < 4.78 is 0. The monoisotopic (exact) mass is 297 g/mol. The van der Waals surface area contributed by atoms with Crippen molar-refractivity contribution in [2.45, 2.75) is 0 Å². The number of nitrogen functional groups attached to an aromatic ring is 3. The molecule has 0 saturated heterocycles. The number of aromatic carboxylic acids is 2. The zero-order valence-electron chi connectivity index (χ0n) is 10.3. The number of anilines is 1. The normalized spacial score (nSPS) is 9.81. The van der Waals surface area contributed by atoms with Crippen molar-refractivity contribution < 1.29 is 29.4 Å². The lowest BCUT2D eigenvalue weighted by Crippen LogP contribution is -2.36. The van der Waals surface area contributed by atoms with Crippen LogP contribution < -0.4 is 28.3 Å². The van der Waals surface area contributed by atoms with Crippen LogP contribution in [0.1, 0.15) is 41.4 Å². The molecule has 21 heavy (non-hydrogen) atoms. The Hall–Kier alpha value is -3.18. The maximum Gasteiger partial charge on any atom is 0.338 e. The number of amides is 2. The summed E-state index contributed by atoms with van der Waals surface area (Å²) in [5.74, 6) is 4.39. The van der Waals surface area contributed by atoms with Crippen molar-refractivity contribution in [3.05, 3.63) is 28.3 Å². The molecule has 112 valence electrons. The lowest BCUT2D eigenvalue weighted by atomic mass is 9.94. The van der Waals surface area contributed by atoms with Crippen molar-refractivity contribution in [2.24, 2.45) is 11.7 Å². The molecule has 0 spiro atoms. The van der Waals surface area contributed by atoms with Crippen molar-refractivity contribution in [3.63, 3.8) is 0 Å². The van der Waals surface area contributed by atoms with Crippen molar-refractivity contribution in [1.82, 2.24) is 10.9 Å². The second-order valence-corrected chi connectivity index (χ2v) is 3.69. The summed E-state index contributed by atoms with van der Waals surface area (Å²) in [5, 5.41) is 18.0. The predicted octanol–water partition coefficient (Wildman–Crippen LogP) is -2.13. The van der Waals surface area contributed by atoms with E-state index in [0.29, 0.717) is 6.07 Å². The molecule has 0 aromatic heterocycles. The number of nitrogens with one attached hydrogen (secondary N) is 2. The van der Waals surface area contributed by atoms with Gasteiger partial charge in [0.1, 0.15) is 0 Å². The van der Waals surface area contributed by atoms with Crippen LogP contribution in [0, 0.1) is 0 Å². The molecule has 0 aliphatic carbocycles. The van der Waals surface area contributed by atoms with Gasteiger partial charge in [0.15, 0.2) is 0 Å². The third-order valence-electron chi connectivity index (χ3n) is 2.54. The predicted molar refractivity (Wildman–Crippen MR) is 68.1 cm³/mol. The summed E-state index contributed by atoms with van der Waals surface area (Å²) in [6.45, 7) is 0. The quantitative estimate of drug-likeness (QED) is 0.140. The van der Waals surface area contributed by atoms with Gasteiger partial charge in [-0.05, 0) is 6.07 Å². The van der Waals surface area contributed by atoms with E-state index in [4.69, 9.17) is 27.6 Å². The first-order chi connectivity index (χ1) is 9.76. The Labute approximate surface area is 116 Å². The Balaban J connectivity index is 3.88. The zero-order valence-corrected chi connectivity index (χ0v) is 10.3. The van der Waals surface area contributed by atoms with Crippen LogP contribution >= 0.6 is 0 Å². The number of carbonyl (C=O) groups is 4.